The van der Waals surface area contributed by atoms with E-state index in [2.05, 4.69) is 0 Å². The molecule has 1 aromatic heterocycles. The Labute approximate surface area is 123 Å². The minimum Gasteiger partial charge on any atom is -0.443 e. The highest BCUT2D eigenvalue weighted by Crippen LogP contribution is 2.23. The molecule has 0 unspecified atom stereocenters. The van der Waals surface area contributed by atoms with Crippen LogP contribution in [0.5, 0.6) is 0 Å². The third kappa shape index (κ3) is 3.49. The van der Waals surface area contributed by atoms with Crippen LogP contribution in [0.3, 0.4) is 0 Å². The highest BCUT2D eigenvalue weighted by atomic mass is 16.6. The molecule has 0 radical (unpaired) electrons. The van der Waals surface area contributed by atoms with Crippen LogP contribution in [0.25, 0.3) is 10.9 Å². The molecule has 1 aromatic carbocycles. The lowest BCUT2D eigenvalue weighted by molar-refractivity contribution is -0.108. The van der Waals surface area contributed by atoms with E-state index >= 15 is 0 Å². The third-order valence-electron chi connectivity index (χ3n) is 3.02. The molecule has 0 bridgehead atoms. The maximum absolute atomic E-state index is 12.3. The van der Waals surface area contributed by atoms with Gasteiger partial charge in [-0.05, 0) is 38.8 Å². The highest BCUT2D eigenvalue weighted by molar-refractivity contribution is 5.92. The van der Waals surface area contributed by atoms with Crippen LogP contribution in [-0.4, -0.2) is 28.6 Å². The molecule has 5 nitrogen and oxygen atoms in total. The van der Waals surface area contributed by atoms with Gasteiger partial charge in [0.25, 0.3) is 0 Å². The zero-order chi connectivity index (χ0) is 15.6. The Morgan fingerprint density at radius 1 is 1.38 bits per heavy atom. The van der Waals surface area contributed by atoms with Gasteiger partial charge in [-0.25, -0.2) is 4.79 Å². The van der Waals surface area contributed by atoms with Crippen molar-refractivity contribution in [3.63, 3.8) is 0 Å². The van der Waals surface area contributed by atoms with Crippen LogP contribution < -0.4 is 5.73 Å². The second-order valence-corrected chi connectivity index (χ2v) is 6.03. The van der Waals surface area contributed by atoms with E-state index in [0.717, 1.165) is 16.5 Å². The molecule has 2 aromatic rings. The molecule has 0 aliphatic heterocycles. The van der Waals surface area contributed by atoms with Crippen LogP contribution in [-0.2, 0) is 16.0 Å². The van der Waals surface area contributed by atoms with Gasteiger partial charge in [-0.3, -0.25) is 4.57 Å². The van der Waals surface area contributed by atoms with E-state index in [1.807, 2.05) is 45.0 Å². The third-order valence-corrected chi connectivity index (χ3v) is 3.02. The van der Waals surface area contributed by atoms with Gasteiger partial charge in [0.1, 0.15) is 11.9 Å². The number of aldehydes is 1. The van der Waals surface area contributed by atoms with Crippen molar-refractivity contribution in [3.8, 4) is 0 Å². The SMILES string of the molecule is CC(C)(C)OC(=O)n1cc(C[C@@H](N)C=O)c2ccccc21. The van der Waals surface area contributed by atoms with Crippen molar-refractivity contribution in [2.45, 2.75) is 38.8 Å². The number of ether oxygens (including phenoxy) is 1. The summed E-state index contributed by atoms with van der Waals surface area (Å²) in [4.78, 5) is 23.0. The van der Waals surface area contributed by atoms with Gasteiger partial charge >= 0.3 is 6.09 Å². The van der Waals surface area contributed by atoms with Crippen LogP contribution in [0.1, 0.15) is 26.3 Å². The molecule has 2 rings (SSSR count). The van der Waals surface area contributed by atoms with Crippen LogP contribution in [0.15, 0.2) is 30.5 Å². The van der Waals surface area contributed by atoms with E-state index in [-0.39, 0.29) is 0 Å². The summed E-state index contributed by atoms with van der Waals surface area (Å²) in [6.45, 7) is 5.46. The summed E-state index contributed by atoms with van der Waals surface area (Å²) >= 11 is 0. The lowest BCUT2D eigenvalue weighted by atomic mass is 10.1. The van der Waals surface area contributed by atoms with E-state index in [4.69, 9.17) is 10.5 Å². The van der Waals surface area contributed by atoms with E-state index in [1.165, 1.54) is 4.57 Å². The van der Waals surface area contributed by atoms with Gasteiger partial charge < -0.3 is 15.3 Å². The fourth-order valence-electron chi connectivity index (χ4n) is 2.18. The summed E-state index contributed by atoms with van der Waals surface area (Å²) in [7, 11) is 0. The topological polar surface area (TPSA) is 74.3 Å². The Morgan fingerprint density at radius 3 is 2.67 bits per heavy atom. The fourth-order valence-corrected chi connectivity index (χ4v) is 2.18. The number of hydrogen-bond donors (Lipinski definition) is 1. The smallest absolute Gasteiger partial charge is 0.419 e. The van der Waals surface area contributed by atoms with Crippen molar-refractivity contribution in [2.24, 2.45) is 5.73 Å². The number of carbonyl (C=O) groups is 2. The van der Waals surface area contributed by atoms with Crippen molar-refractivity contribution < 1.29 is 14.3 Å². The number of fused-ring (bicyclic) bond motifs is 1. The zero-order valence-corrected chi connectivity index (χ0v) is 12.5. The molecular formula is C16H20N2O3. The van der Waals surface area contributed by atoms with Crippen molar-refractivity contribution in [2.75, 3.05) is 0 Å². The van der Waals surface area contributed by atoms with Crippen molar-refractivity contribution in [3.05, 3.63) is 36.0 Å². The fraction of sp³-hybridized carbons (Fsp3) is 0.375. The highest BCUT2D eigenvalue weighted by Gasteiger charge is 2.21. The molecule has 0 aliphatic carbocycles. The quantitative estimate of drug-likeness (QED) is 0.881. The molecule has 112 valence electrons. The van der Waals surface area contributed by atoms with E-state index < -0.39 is 17.7 Å². The zero-order valence-electron chi connectivity index (χ0n) is 12.5. The molecule has 0 saturated carbocycles. The molecule has 0 fully saturated rings. The summed E-state index contributed by atoms with van der Waals surface area (Å²) in [5.74, 6) is 0. The molecule has 0 spiro atoms. The first-order chi connectivity index (χ1) is 9.81. The second kappa shape index (κ2) is 5.69. The van der Waals surface area contributed by atoms with Gasteiger partial charge in [0.2, 0.25) is 0 Å². The first-order valence-corrected chi connectivity index (χ1v) is 6.85. The van der Waals surface area contributed by atoms with Gasteiger partial charge in [-0.15, -0.1) is 0 Å². The molecule has 1 heterocycles. The van der Waals surface area contributed by atoms with E-state index in [0.29, 0.717) is 12.7 Å². The lowest BCUT2D eigenvalue weighted by Crippen LogP contribution is -2.27. The van der Waals surface area contributed by atoms with E-state index in [9.17, 15) is 9.59 Å². The Bertz CT molecular complexity index is 668. The number of rotatable bonds is 3. The molecule has 0 saturated heterocycles. The van der Waals surface area contributed by atoms with Gasteiger partial charge in [-0.2, -0.15) is 0 Å². The average Bonchev–Trinajstić information content (AvgIpc) is 2.76. The van der Waals surface area contributed by atoms with Crippen LogP contribution >= 0.6 is 0 Å². The Morgan fingerprint density at radius 2 is 2.05 bits per heavy atom. The maximum Gasteiger partial charge on any atom is 0.419 e. The van der Waals surface area contributed by atoms with Gasteiger partial charge in [0, 0.05) is 11.6 Å². The first-order valence-electron chi connectivity index (χ1n) is 6.85. The molecule has 1 atom stereocenters. The minimum absolute atomic E-state index is 0.389. The predicted molar refractivity (Wildman–Crippen MR) is 81.3 cm³/mol. The van der Waals surface area contributed by atoms with Crippen molar-refractivity contribution in [1.82, 2.24) is 4.57 Å². The number of benzene rings is 1. The molecule has 0 amide bonds. The number of aromatic nitrogens is 1. The summed E-state index contributed by atoms with van der Waals surface area (Å²) in [6.07, 6.45) is 2.35. The number of nitrogens with two attached hydrogens (primary N) is 1. The Kier molecular flexibility index (Phi) is 4.14. The van der Waals surface area contributed by atoms with Crippen LogP contribution in [0, 0.1) is 0 Å². The molecule has 5 heteroatoms. The average molecular weight is 288 g/mol. The first kappa shape index (κ1) is 15.3. The normalized spacial score (nSPS) is 13.1. The van der Waals surface area contributed by atoms with Crippen molar-refractivity contribution >= 4 is 23.3 Å². The second-order valence-electron chi connectivity index (χ2n) is 6.03. The van der Waals surface area contributed by atoms with Gasteiger partial charge in [0.05, 0.1) is 11.6 Å². The maximum atomic E-state index is 12.3. The Balaban J connectivity index is 2.45. The molecule has 21 heavy (non-hydrogen) atoms. The molecule has 2 N–H and O–H groups in total. The summed E-state index contributed by atoms with van der Waals surface area (Å²) < 4.78 is 6.87. The van der Waals surface area contributed by atoms with Crippen molar-refractivity contribution in [1.29, 1.82) is 0 Å². The number of para-hydroxylation sites is 1. The summed E-state index contributed by atoms with van der Waals surface area (Å²) in [5.41, 5.74) is 6.73. The van der Waals surface area contributed by atoms with Crippen LogP contribution in [0.2, 0.25) is 0 Å². The van der Waals surface area contributed by atoms with Gasteiger partial charge in [-0.1, -0.05) is 18.2 Å². The van der Waals surface area contributed by atoms with E-state index in [1.54, 1.807) is 6.20 Å². The predicted octanol–water partition coefficient (Wildman–Crippen LogP) is 2.49. The minimum atomic E-state index is -0.581. The number of nitrogens with zero attached hydrogens (tertiary/aromatic N) is 1. The monoisotopic (exact) mass is 288 g/mol. The summed E-state index contributed by atoms with van der Waals surface area (Å²) in [5, 5.41) is 0.903. The Hall–Kier alpha value is -2.14. The largest absolute Gasteiger partial charge is 0.443 e. The van der Waals surface area contributed by atoms with Crippen LogP contribution in [0.4, 0.5) is 4.79 Å². The molecular weight excluding hydrogens is 268 g/mol. The lowest BCUT2D eigenvalue weighted by Gasteiger charge is -2.19. The summed E-state index contributed by atoms with van der Waals surface area (Å²) in [6, 6.07) is 6.91. The van der Waals surface area contributed by atoms with Gasteiger partial charge in [0.15, 0.2) is 0 Å². The molecule has 0 aliphatic rings. The number of carbonyl (C=O) groups excluding carboxylic acids is 2. The standard InChI is InChI=1S/C16H20N2O3/c1-16(2,3)21-15(20)18-9-11(8-12(17)10-19)13-6-4-5-7-14(13)18/h4-7,9-10,12H,8,17H2,1-3H3/t12-/m1/s1. The number of hydrogen-bond acceptors (Lipinski definition) is 4.